The Kier molecular flexibility index (Phi) is 6.80. The molecule has 0 spiro atoms. The second-order valence-electron chi connectivity index (χ2n) is 5.82. The number of halogens is 1. The Hall–Kier alpha value is -1.66. The van der Waals surface area contributed by atoms with Crippen LogP contribution in [0.3, 0.4) is 0 Å². The number of para-hydroxylation sites is 1. The number of carbonyl (C=O) groups is 1. The lowest BCUT2D eigenvalue weighted by Gasteiger charge is -2.37. The van der Waals surface area contributed by atoms with Crippen LogP contribution in [0.2, 0.25) is 0 Å². The van der Waals surface area contributed by atoms with E-state index < -0.39 is 0 Å². The smallest absolute Gasteiger partial charge is 0.236 e. The highest BCUT2D eigenvalue weighted by Gasteiger charge is 2.23. The monoisotopic (exact) mass is 323 g/mol. The van der Waals surface area contributed by atoms with Crippen LogP contribution in [0.4, 0.5) is 10.1 Å². The molecule has 0 atom stereocenters. The molecule has 1 heterocycles. The van der Waals surface area contributed by atoms with Crippen LogP contribution in [-0.2, 0) is 4.79 Å². The van der Waals surface area contributed by atoms with E-state index in [0.717, 1.165) is 13.0 Å². The van der Waals surface area contributed by atoms with Crippen LogP contribution in [0.15, 0.2) is 24.3 Å². The molecule has 2 rings (SSSR count). The van der Waals surface area contributed by atoms with Crippen molar-refractivity contribution in [3.05, 3.63) is 30.1 Å². The average Bonchev–Trinajstić information content (AvgIpc) is 2.56. The number of benzene rings is 1. The molecular formula is C17H26FN3O2. The van der Waals surface area contributed by atoms with Crippen molar-refractivity contribution in [1.29, 1.82) is 0 Å². The minimum absolute atomic E-state index is 0.0638. The summed E-state index contributed by atoms with van der Waals surface area (Å²) < 4.78 is 13.8. The van der Waals surface area contributed by atoms with Gasteiger partial charge in [0.2, 0.25) is 5.91 Å². The zero-order valence-electron chi connectivity index (χ0n) is 13.7. The molecule has 1 N–H and O–H groups in total. The zero-order valence-corrected chi connectivity index (χ0v) is 13.7. The fraction of sp³-hybridized carbons (Fsp3) is 0.588. The SMILES string of the molecule is CCCN(CCO)CC(=O)N1CCN(c2ccccc2F)CC1. The van der Waals surface area contributed by atoms with E-state index in [2.05, 4.69) is 6.92 Å². The molecule has 1 aromatic rings. The third-order valence-corrected chi connectivity index (χ3v) is 4.14. The predicted octanol–water partition coefficient (Wildman–Crippen LogP) is 1.18. The molecule has 1 amide bonds. The standard InChI is InChI=1S/C17H26FN3O2/c1-2-7-19(12-13-22)14-17(23)21-10-8-20(9-11-21)16-6-4-3-5-15(16)18/h3-6,22H,2,7-14H2,1H3. The van der Waals surface area contributed by atoms with Gasteiger partial charge in [0.1, 0.15) is 5.82 Å². The number of hydrogen-bond donors (Lipinski definition) is 1. The molecule has 0 saturated carbocycles. The Morgan fingerprint density at radius 3 is 2.52 bits per heavy atom. The quantitative estimate of drug-likeness (QED) is 0.818. The van der Waals surface area contributed by atoms with Crippen molar-refractivity contribution in [3.8, 4) is 0 Å². The van der Waals surface area contributed by atoms with E-state index >= 15 is 0 Å². The maximum atomic E-state index is 13.8. The van der Waals surface area contributed by atoms with Gasteiger partial charge in [-0.1, -0.05) is 19.1 Å². The van der Waals surface area contributed by atoms with Crippen molar-refractivity contribution in [2.75, 3.05) is 57.3 Å². The fourth-order valence-electron chi connectivity index (χ4n) is 2.92. The molecule has 5 nitrogen and oxygen atoms in total. The highest BCUT2D eigenvalue weighted by atomic mass is 19.1. The molecule has 1 saturated heterocycles. The first-order valence-electron chi connectivity index (χ1n) is 8.26. The van der Waals surface area contributed by atoms with Gasteiger partial charge in [0.15, 0.2) is 0 Å². The Bertz CT molecular complexity index is 498. The average molecular weight is 323 g/mol. The highest BCUT2D eigenvalue weighted by Crippen LogP contribution is 2.20. The summed E-state index contributed by atoms with van der Waals surface area (Å²) in [6.07, 6.45) is 0.953. The number of aliphatic hydroxyl groups excluding tert-OH is 1. The molecule has 1 aliphatic rings. The third-order valence-electron chi connectivity index (χ3n) is 4.14. The summed E-state index contributed by atoms with van der Waals surface area (Å²) in [5, 5.41) is 9.06. The van der Waals surface area contributed by atoms with Gasteiger partial charge < -0.3 is 14.9 Å². The normalized spacial score (nSPS) is 15.3. The second-order valence-corrected chi connectivity index (χ2v) is 5.82. The zero-order chi connectivity index (χ0) is 16.7. The van der Waals surface area contributed by atoms with Gasteiger partial charge in [0.05, 0.1) is 18.8 Å². The van der Waals surface area contributed by atoms with E-state index in [9.17, 15) is 9.18 Å². The second kappa shape index (κ2) is 8.84. The van der Waals surface area contributed by atoms with Crippen LogP contribution in [0.1, 0.15) is 13.3 Å². The first-order chi connectivity index (χ1) is 11.2. The molecule has 0 radical (unpaired) electrons. The molecule has 1 fully saturated rings. The fourth-order valence-corrected chi connectivity index (χ4v) is 2.92. The van der Waals surface area contributed by atoms with E-state index in [-0.39, 0.29) is 18.3 Å². The number of carbonyl (C=O) groups excluding carboxylic acids is 1. The van der Waals surface area contributed by atoms with Crippen LogP contribution in [0.5, 0.6) is 0 Å². The first kappa shape index (κ1) is 17.7. The van der Waals surface area contributed by atoms with Crippen molar-refractivity contribution in [1.82, 2.24) is 9.80 Å². The number of hydrogen-bond acceptors (Lipinski definition) is 4. The lowest BCUT2D eigenvalue weighted by atomic mass is 10.2. The Morgan fingerprint density at radius 2 is 1.91 bits per heavy atom. The van der Waals surface area contributed by atoms with Crippen LogP contribution in [-0.4, -0.2) is 73.2 Å². The van der Waals surface area contributed by atoms with E-state index in [4.69, 9.17) is 5.11 Å². The number of nitrogens with zero attached hydrogens (tertiary/aromatic N) is 3. The van der Waals surface area contributed by atoms with Gasteiger partial charge in [-0.05, 0) is 25.1 Å². The minimum Gasteiger partial charge on any atom is -0.395 e. The molecule has 0 aliphatic carbocycles. The summed E-state index contributed by atoms with van der Waals surface area (Å²) >= 11 is 0. The number of rotatable bonds is 7. The van der Waals surface area contributed by atoms with E-state index in [1.165, 1.54) is 6.07 Å². The highest BCUT2D eigenvalue weighted by molar-refractivity contribution is 5.78. The van der Waals surface area contributed by atoms with Crippen LogP contribution >= 0.6 is 0 Å². The number of aliphatic hydroxyl groups is 1. The first-order valence-corrected chi connectivity index (χ1v) is 8.26. The maximum Gasteiger partial charge on any atom is 0.236 e. The van der Waals surface area contributed by atoms with Crippen molar-refractivity contribution in [3.63, 3.8) is 0 Å². The number of anilines is 1. The van der Waals surface area contributed by atoms with E-state index in [1.54, 1.807) is 12.1 Å². The molecule has 0 bridgehead atoms. The van der Waals surface area contributed by atoms with Crippen molar-refractivity contribution < 1.29 is 14.3 Å². The molecule has 6 heteroatoms. The van der Waals surface area contributed by atoms with Crippen molar-refractivity contribution >= 4 is 11.6 Å². The maximum absolute atomic E-state index is 13.8. The van der Waals surface area contributed by atoms with Crippen LogP contribution in [0, 0.1) is 5.82 Å². The van der Waals surface area contributed by atoms with Gasteiger partial charge in [0.25, 0.3) is 0 Å². The van der Waals surface area contributed by atoms with Crippen molar-refractivity contribution in [2.45, 2.75) is 13.3 Å². The largest absolute Gasteiger partial charge is 0.395 e. The van der Waals surface area contributed by atoms with E-state index in [0.29, 0.717) is 45.0 Å². The molecule has 0 unspecified atom stereocenters. The van der Waals surface area contributed by atoms with E-state index in [1.807, 2.05) is 20.8 Å². The Balaban J connectivity index is 1.86. The molecule has 0 aromatic heterocycles. The lowest BCUT2D eigenvalue weighted by molar-refractivity contribution is -0.132. The molecule has 128 valence electrons. The predicted molar refractivity (Wildman–Crippen MR) is 89.0 cm³/mol. The van der Waals surface area contributed by atoms with Gasteiger partial charge in [-0.25, -0.2) is 4.39 Å². The summed E-state index contributed by atoms with van der Waals surface area (Å²) in [6, 6.07) is 6.75. The summed E-state index contributed by atoms with van der Waals surface area (Å²) in [5.74, 6) is -0.135. The van der Waals surface area contributed by atoms with Gasteiger partial charge in [0, 0.05) is 32.7 Å². The van der Waals surface area contributed by atoms with Gasteiger partial charge in [-0.15, -0.1) is 0 Å². The minimum atomic E-state index is -0.218. The Labute approximate surface area is 137 Å². The molecule has 1 aliphatic heterocycles. The molecule has 23 heavy (non-hydrogen) atoms. The molecule has 1 aromatic carbocycles. The summed E-state index contributed by atoms with van der Waals surface area (Å²) in [5.41, 5.74) is 0.604. The lowest BCUT2D eigenvalue weighted by Crippen LogP contribution is -2.51. The van der Waals surface area contributed by atoms with Crippen LogP contribution < -0.4 is 4.90 Å². The summed E-state index contributed by atoms with van der Waals surface area (Å²) in [6.45, 7) is 6.28. The number of piperazine rings is 1. The van der Waals surface area contributed by atoms with Crippen LogP contribution in [0.25, 0.3) is 0 Å². The summed E-state index contributed by atoms with van der Waals surface area (Å²) in [4.78, 5) is 18.2. The topological polar surface area (TPSA) is 47.0 Å². The van der Waals surface area contributed by atoms with Gasteiger partial charge in [-0.2, -0.15) is 0 Å². The summed E-state index contributed by atoms with van der Waals surface area (Å²) in [7, 11) is 0. The third kappa shape index (κ3) is 4.91. The number of amides is 1. The molecular weight excluding hydrogens is 297 g/mol. The Morgan fingerprint density at radius 1 is 1.22 bits per heavy atom. The van der Waals surface area contributed by atoms with Gasteiger partial charge in [-0.3, -0.25) is 9.69 Å². The van der Waals surface area contributed by atoms with Gasteiger partial charge >= 0.3 is 0 Å². The van der Waals surface area contributed by atoms with Crippen molar-refractivity contribution in [2.24, 2.45) is 0 Å².